The highest BCUT2D eigenvalue weighted by atomic mass is 35.5. The zero-order valence-electron chi connectivity index (χ0n) is 10.7. The highest BCUT2D eigenvalue weighted by molar-refractivity contribution is 6.30. The van der Waals surface area contributed by atoms with Crippen LogP contribution in [0.1, 0.15) is 0 Å². The SMILES string of the molecule is O=c1oc2nnn(-c3cccc(Cl)c3)c2c2ccccc12. The molecule has 2 heterocycles. The van der Waals surface area contributed by atoms with Crippen molar-refractivity contribution in [1.82, 2.24) is 15.0 Å². The van der Waals surface area contributed by atoms with Gasteiger partial charge in [-0.3, -0.25) is 0 Å². The molecule has 0 fully saturated rings. The van der Waals surface area contributed by atoms with Crippen molar-refractivity contribution < 1.29 is 4.42 Å². The fourth-order valence-corrected chi connectivity index (χ4v) is 2.55. The summed E-state index contributed by atoms with van der Waals surface area (Å²) in [6.07, 6.45) is 0. The number of fused-ring (bicyclic) bond motifs is 3. The molecule has 0 atom stereocenters. The highest BCUT2D eigenvalue weighted by Gasteiger charge is 2.14. The van der Waals surface area contributed by atoms with Crippen LogP contribution in [0.4, 0.5) is 0 Å². The van der Waals surface area contributed by atoms with Crippen LogP contribution in [0.3, 0.4) is 0 Å². The van der Waals surface area contributed by atoms with Gasteiger partial charge in [-0.15, -0.1) is 0 Å². The number of aromatic nitrogens is 3. The van der Waals surface area contributed by atoms with Gasteiger partial charge in [0, 0.05) is 10.4 Å². The smallest absolute Gasteiger partial charge is 0.345 e. The normalized spacial score (nSPS) is 11.3. The van der Waals surface area contributed by atoms with E-state index in [-0.39, 0.29) is 5.71 Å². The van der Waals surface area contributed by atoms with E-state index in [2.05, 4.69) is 10.3 Å². The maximum atomic E-state index is 11.9. The van der Waals surface area contributed by atoms with Gasteiger partial charge >= 0.3 is 5.63 Å². The van der Waals surface area contributed by atoms with Gasteiger partial charge in [0.25, 0.3) is 5.71 Å². The lowest BCUT2D eigenvalue weighted by molar-refractivity contribution is 0.556. The number of halogens is 1. The van der Waals surface area contributed by atoms with Gasteiger partial charge in [-0.2, -0.15) is 0 Å². The van der Waals surface area contributed by atoms with E-state index in [1.807, 2.05) is 24.3 Å². The molecule has 2 aromatic heterocycles. The summed E-state index contributed by atoms with van der Waals surface area (Å²) in [4.78, 5) is 11.9. The second kappa shape index (κ2) is 4.43. The van der Waals surface area contributed by atoms with Gasteiger partial charge in [0.1, 0.15) is 5.52 Å². The molecule has 21 heavy (non-hydrogen) atoms. The molecule has 0 saturated carbocycles. The maximum Gasteiger partial charge on any atom is 0.345 e. The molecule has 0 aliphatic rings. The molecule has 4 aromatic rings. The van der Waals surface area contributed by atoms with Gasteiger partial charge in [-0.25, -0.2) is 9.48 Å². The molecular weight excluding hydrogens is 290 g/mol. The first kappa shape index (κ1) is 12.1. The molecule has 0 aliphatic heterocycles. The van der Waals surface area contributed by atoms with E-state index in [1.54, 1.807) is 28.9 Å². The summed E-state index contributed by atoms with van der Waals surface area (Å²) in [5.41, 5.74) is 1.19. The summed E-state index contributed by atoms with van der Waals surface area (Å²) in [6.45, 7) is 0. The third-order valence-corrected chi connectivity index (χ3v) is 3.52. The van der Waals surface area contributed by atoms with Crippen molar-refractivity contribution in [2.75, 3.05) is 0 Å². The topological polar surface area (TPSA) is 60.9 Å². The Hall–Kier alpha value is -2.66. The van der Waals surface area contributed by atoms with E-state index in [0.29, 0.717) is 15.9 Å². The van der Waals surface area contributed by atoms with Crippen LogP contribution in [0, 0.1) is 0 Å². The molecule has 0 unspecified atom stereocenters. The van der Waals surface area contributed by atoms with Crippen molar-refractivity contribution in [2.24, 2.45) is 0 Å². The van der Waals surface area contributed by atoms with Crippen LogP contribution in [-0.4, -0.2) is 15.0 Å². The average molecular weight is 298 g/mol. The van der Waals surface area contributed by atoms with Crippen molar-refractivity contribution in [3.8, 4) is 5.69 Å². The number of hydrogen-bond donors (Lipinski definition) is 0. The third-order valence-electron chi connectivity index (χ3n) is 3.28. The molecule has 0 aliphatic carbocycles. The zero-order chi connectivity index (χ0) is 14.4. The van der Waals surface area contributed by atoms with Gasteiger partial charge in [0.2, 0.25) is 0 Å². The molecule has 0 spiro atoms. The van der Waals surface area contributed by atoms with Crippen molar-refractivity contribution in [3.63, 3.8) is 0 Å². The molecule has 0 amide bonds. The van der Waals surface area contributed by atoms with Crippen LogP contribution in [0.5, 0.6) is 0 Å². The van der Waals surface area contributed by atoms with Crippen LogP contribution in [0.2, 0.25) is 5.02 Å². The first-order valence-electron chi connectivity index (χ1n) is 6.27. The van der Waals surface area contributed by atoms with Gasteiger partial charge < -0.3 is 4.42 Å². The Balaban J connectivity index is 2.17. The standard InChI is InChI=1S/C15H8ClN3O2/c16-9-4-3-5-10(8-9)19-13-11-6-1-2-7-12(11)15(20)21-14(13)17-18-19/h1-8H. The molecule has 6 heteroatoms. The predicted molar refractivity (Wildman–Crippen MR) is 79.9 cm³/mol. The zero-order valence-corrected chi connectivity index (χ0v) is 11.4. The molecule has 2 aromatic carbocycles. The fourth-order valence-electron chi connectivity index (χ4n) is 2.37. The summed E-state index contributed by atoms with van der Waals surface area (Å²) in [5.74, 6) is 0. The van der Waals surface area contributed by atoms with E-state index in [4.69, 9.17) is 16.0 Å². The van der Waals surface area contributed by atoms with Gasteiger partial charge in [0.15, 0.2) is 0 Å². The minimum atomic E-state index is -0.420. The molecular formula is C15H8ClN3O2. The van der Waals surface area contributed by atoms with E-state index in [1.165, 1.54) is 0 Å². The lowest BCUT2D eigenvalue weighted by Crippen LogP contribution is -2.01. The molecule has 0 bridgehead atoms. The quantitative estimate of drug-likeness (QED) is 0.541. The molecule has 4 rings (SSSR count). The number of hydrogen-bond acceptors (Lipinski definition) is 4. The van der Waals surface area contributed by atoms with E-state index < -0.39 is 5.63 Å². The first-order chi connectivity index (χ1) is 10.2. The number of nitrogens with zero attached hydrogens (tertiary/aromatic N) is 3. The highest BCUT2D eigenvalue weighted by Crippen LogP contribution is 2.24. The van der Waals surface area contributed by atoms with E-state index >= 15 is 0 Å². The lowest BCUT2D eigenvalue weighted by Gasteiger charge is -2.04. The van der Waals surface area contributed by atoms with Crippen LogP contribution >= 0.6 is 11.6 Å². The number of rotatable bonds is 1. The van der Waals surface area contributed by atoms with E-state index in [9.17, 15) is 4.79 Å². The third kappa shape index (κ3) is 1.82. The van der Waals surface area contributed by atoms with Crippen molar-refractivity contribution >= 4 is 33.6 Å². The Bertz CT molecular complexity index is 1040. The van der Waals surface area contributed by atoms with Crippen LogP contribution in [0.15, 0.2) is 57.7 Å². The molecule has 0 saturated heterocycles. The van der Waals surface area contributed by atoms with Crippen LogP contribution in [0.25, 0.3) is 27.7 Å². The Morgan fingerprint density at radius 3 is 2.67 bits per heavy atom. The number of benzene rings is 2. The second-order valence-corrected chi connectivity index (χ2v) is 5.01. The summed E-state index contributed by atoms with van der Waals surface area (Å²) >= 11 is 6.02. The minimum absolute atomic E-state index is 0.207. The van der Waals surface area contributed by atoms with E-state index in [0.717, 1.165) is 11.1 Å². The largest absolute Gasteiger partial charge is 0.400 e. The average Bonchev–Trinajstić information content (AvgIpc) is 2.91. The van der Waals surface area contributed by atoms with Crippen molar-refractivity contribution in [1.29, 1.82) is 0 Å². The Morgan fingerprint density at radius 2 is 1.86 bits per heavy atom. The minimum Gasteiger partial charge on any atom is -0.400 e. The van der Waals surface area contributed by atoms with Crippen LogP contribution in [-0.2, 0) is 0 Å². The van der Waals surface area contributed by atoms with Crippen molar-refractivity contribution in [2.45, 2.75) is 0 Å². The Kier molecular flexibility index (Phi) is 2.55. The van der Waals surface area contributed by atoms with Crippen LogP contribution < -0.4 is 5.63 Å². The molecule has 0 radical (unpaired) electrons. The first-order valence-corrected chi connectivity index (χ1v) is 6.65. The molecule has 102 valence electrons. The summed E-state index contributed by atoms with van der Waals surface area (Å²) in [6, 6.07) is 14.5. The molecule has 5 nitrogen and oxygen atoms in total. The van der Waals surface area contributed by atoms with Gasteiger partial charge in [0.05, 0.1) is 11.1 Å². The van der Waals surface area contributed by atoms with Crippen molar-refractivity contribution in [3.05, 3.63) is 64.0 Å². The summed E-state index contributed by atoms with van der Waals surface area (Å²) < 4.78 is 6.84. The second-order valence-electron chi connectivity index (χ2n) is 4.57. The maximum absolute atomic E-state index is 11.9. The summed E-state index contributed by atoms with van der Waals surface area (Å²) in [7, 11) is 0. The Morgan fingerprint density at radius 1 is 1.05 bits per heavy atom. The summed E-state index contributed by atoms with van der Waals surface area (Å²) in [5, 5.41) is 9.85. The monoisotopic (exact) mass is 297 g/mol. The Labute approximate surface area is 123 Å². The van der Waals surface area contributed by atoms with Gasteiger partial charge in [-0.1, -0.05) is 46.2 Å². The predicted octanol–water partition coefficient (Wildman–Crippen LogP) is 3.18. The molecule has 0 N–H and O–H groups in total. The van der Waals surface area contributed by atoms with Gasteiger partial charge in [-0.05, 0) is 24.3 Å². The lowest BCUT2D eigenvalue weighted by atomic mass is 10.1. The fraction of sp³-hybridized carbons (Fsp3) is 0.